The predicted octanol–water partition coefficient (Wildman–Crippen LogP) is 1.86. The average Bonchev–Trinajstić information content (AvgIpc) is 2.69. The number of ether oxygens (including phenoxy) is 1. The van der Waals surface area contributed by atoms with Crippen molar-refractivity contribution in [2.45, 2.75) is 18.4 Å². The minimum absolute atomic E-state index is 0.0783. The summed E-state index contributed by atoms with van der Waals surface area (Å²) >= 11 is 0. The molecule has 3 rings (SSSR count). The van der Waals surface area contributed by atoms with Gasteiger partial charge in [0.15, 0.2) is 0 Å². The van der Waals surface area contributed by atoms with E-state index in [1.165, 1.54) is 16.4 Å². The lowest BCUT2D eigenvalue weighted by Gasteiger charge is -2.34. The van der Waals surface area contributed by atoms with Crippen LogP contribution in [0.4, 0.5) is 0 Å². The van der Waals surface area contributed by atoms with Crippen LogP contribution in [0.15, 0.2) is 47.6 Å². The fourth-order valence-corrected chi connectivity index (χ4v) is 4.67. The third-order valence-electron chi connectivity index (χ3n) is 4.44. The van der Waals surface area contributed by atoms with Crippen molar-refractivity contribution < 1.29 is 13.2 Å². The fraction of sp³-hybridized carbons (Fsp3) is 0.368. The largest absolute Gasteiger partial charge is 0.492 e. The van der Waals surface area contributed by atoms with Crippen molar-refractivity contribution in [2.24, 2.45) is 0 Å². The Hall–Kier alpha value is -2.47. The Bertz CT molecular complexity index is 932. The quantitative estimate of drug-likeness (QED) is 0.753. The van der Waals surface area contributed by atoms with Crippen molar-refractivity contribution in [3.8, 4) is 11.8 Å². The van der Waals surface area contributed by atoms with Crippen LogP contribution >= 0.6 is 0 Å². The van der Waals surface area contributed by atoms with E-state index in [-0.39, 0.29) is 10.5 Å². The third-order valence-corrected chi connectivity index (χ3v) is 6.40. The number of rotatable bonds is 6. The van der Waals surface area contributed by atoms with Gasteiger partial charge in [-0.2, -0.15) is 9.57 Å². The van der Waals surface area contributed by atoms with Gasteiger partial charge in [-0.25, -0.2) is 8.42 Å². The maximum atomic E-state index is 12.9. The van der Waals surface area contributed by atoms with E-state index in [0.717, 1.165) is 11.3 Å². The first-order valence-corrected chi connectivity index (χ1v) is 10.3. The summed E-state index contributed by atoms with van der Waals surface area (Å²) < 4.78 is 32.7. The van der Waals surface area contributed by atoms with Crippen LogP contribution in [-0.4, -0.2) is 55.4 Å². The zero-order chi connectivity index (χ0) is 19.3. The number of nitriles is 1. The van der Waals surface area contributed by atoms with E-state index in [0.29, 0.717) is 39.3 Å². The molecule has 1 aromatic carbocycles. The second kappa shape index (κ2) is 8.48. The Morgan fingerprint density at radius 1 is 1.19 bits per heavy atom. The topological polar surface area (TPSA) is 86.5 Å². The molecule has 1 aliphatic heterocycles. The van der Waals surface area contributed by atoms with Crippen LogP contribution in [0.5, 0.6) is 5.75 Å². The molecule has 0 bridgehead atoms. The van der Waals surface area contributed by atoms with E-state index in [4.69, 9.17) is 4.74 Å². The van der Waals surface area contributed by atoms with Crippen LogP contribution in [0, 0.1) is 11.3 Å². The van der Waals surface area contributed by atoms with Crippen molar-refractivity contribution in [3.05, 3.63) is 53.9 Å². The van der Waals surface area contributed by atoms with Crippen molar-refractivity contribution in [1.29, 1.82) is 5.26 Å². The maximum Gasteiger partial charge on any atom is 0.244 e. The minimum atomic E-state index is -3.66. The molecule has 0 atom stereocenters. The lowest BCUT2D eigenvalue weighted by Crippen LogP contribution is -2.48. The van der Waals surface area contributed by atoms with E-state index in [1.807, 2.05) is 19.1 Å². The van der Waals surface area contributed by atoms with Crippen LogP contribution in [0.1, 0.15) is 18.1 Å². The van der Waals surface area contributed by atoms with Gasteiger partial charge in [0.2, 0.25) is 10.0 Å². The van der Waals surface area contributed by atoms with Crippen LogP contribution < -0.4 is 4.74 Å². The molecule has 0 saturated carbocycles. The molecule has 2 aromatic rings. The monoisotopic (exact) mass is 386 g/mol. The molecule has 0 radical (unpaired) electrons. The summed E-state index contributed by atoms with van der Waals surface area (Å²) in [7, 11) is -3.66. The molecule has 1 aromatic heterocycles. The van der Waals surface area contributed by atoms with Gasteiger partial charge in [0, 0.05) is 38.9 Å². The molecule has 1 saturated heterocycles. The van der Waals surface area contributed by atoms with Gasteiger partial charge in [-0.1, -0.05) is 12.1 Å². The smallest absolute Gasteiger partial charge is 0.244 e. The summed E-state index contributed by atoms with van der Waals surface area (Å²) in [6.45, 7) is 5.22. The molecule has 0 unspecified atom stereocenters. The molecule has 27 heavy (non-hydrogen) atoms. The van der Waals surface area contributed by atoms with E-state index in [9.17, 15) is 13.7 Å². The molecule has 0 amide bonds. The second-order valence-electron chi connectivity index (χ2n) is 6.25. The number of piperazine rings is 1. The lowest BCUT2D eigenvalue weighted by molar-refractivity contribution is 0.181. The molecule has 2 heterocycles. The van der Waals surface area contributed by atoms with Crippen LogP contribution in [0.25, 0.3) is 0 Å². The normalized spacial score (nSPS) is 16.0. The van der Waals surface area contributed by atoms with Gasteiger partial charge in [-0.3, -0.25) is 9.88 Å². The molecule has 7 nitrogen and oxygen atoms in total. The number of aromatic nitrogens is 1. The number of pyridine rings is 1. The van der Waals surface area contributed by atoms with Gasteiger partial charge in [0.25, 0.3) is 0 Å². The molecule has 142 valence electrons. The standard InChI is InChI=1S/C19H22N4O3S/c1-2-26-18-11-16(13-21-14-18)15-22-7-9-23(10-8-22)27(24,25)19-6-4-3-5-17(19)12-20/h3-6,11,13-14H,2,7-10,15H2,1H3. The molecule has 0 N–H and O–H groups in total. The maximum absolute atomic E-state index is 12.9. The minimum Gasteiger partial charge on any atom is -0.492 e. The summed E-state index contributed by atoms with van der Waals surface area (Å²) in [6.07, 6.45) is 3.49. The zero-order valence-corrected chi connectivity index (χ0v) is 16.0. The van der Waals surface area contributed by atoms with Gasteiger partial charge in [0.1, 0.15) is 11.8 Å². The van der Waals surface area contributed by atoms with Crippen LogP contribution in [-0.2, 0) is 16.6 Å². The Labute approximate surface area is 159 Å². The van der Waals surface area contributed by atoms with E-state index in [2.05, 4.69) is 9.88 Å². The first kappa shape index (κ1) is 19.3. The zero-order valence-electron chi connectivity index (χ0n) is 15.2. The first-order chi connectivity index (χ1) is 13.0. The highest BCUT2D eigenvalue weighted by molar-refractivity contribution is 7.89. The third kappa shape index (κ3) is 4.45. The molecular weight excluding hydrogens is 364 g/mol. The average molecular weight is 386 g/mol. The molecule has 1 aliphatic rings. The van der Waals surface area contributed by atoms with Crippen LogP contribution in [0.3, 0.4) is 0 Å². The highest BCUT2D eigenvalue weighted by Gasteiger charge is 2.30. The van der Waals surface area contributed by atoms with Gasteiger partial charge >= 0.3 is 0 Å². The highest BCUT2D eigenvalue weighted by atomic mass is 32.2. The number of hydrogen-bond acceptors (Lipinski definition) is 6. The summed E-state index contributed by atoms with van der Waals surface area (Å²) in [6, 6.07) is 10.3. The Morgan fingerprint density at radius 3 is 2.63 bits per heavy atom. The van der Waals surface area contributed by atoms with Crippen molar-refractivity contribution in [1.82, 2.24) is 14.2 Å². The van der Waals surface area contributed by atoms with Crippen molar-refractivity contribution in [2.75, 3.05) is 32.8 Å². The van der Waals surface area contributed by atoms with Crippen LogP contribution in [0.2, 0.25) is 0 Å². The molecule has 0 spiro atoms. The SMILES string of the molecule is CCOc1cncc(CN2CCN(S(=O)(=O)c3ccccc3C#N)CC2)c1. The van der Waals surface area contributed by atoms with E-state index in [1.54, 1.807) is 24.5 Å². The summed E-state index contributed by atoms with van der Waals surface area (Å²) in [4.78, 5) is 6.46. The number of sulfonamides is 1. The summed E-state index contributed by atoms with van der Waals surface area (Å²) in [5, 5.41) is 9.19. The molecule has 1 fully saturated rings. The van der Waals surface area contributed by atoms with E-state index >= 15 is 0 Å². The lowest BCUT2D eigenvalue weighted by atomic mass is 10.2. The molecular formula is C19H22N4O3S. The fourth-order valence-electron chi connectivity index (χ4n) is 3.11. The number of nitrogens with zero attached hydrogens (tertiary/aromatic N) is 4. The molecule has 0 aliphatic carbocycles. The second-order valence-corrected chi connectivity index (χ2v) is 8.16. The predicted molar refractivity (Wildman–Crippen MR) is 101 cm³/mol. The van der Waals surface area contributed by atoms with Gasteiger partial charge < -0.3 is 4.74 Å². The first-order valence-electron chi connectivity index (χ1n) is 8.83. The number of benzene rings is 1. The Balaban J connectivity index is 1.65. The Kier molecular flexibility index (Phi) is 6.06. The summed E-state index contributed by atoms with van der Waals surface area (Å²) in [5.74, 6) is 0.740. The Morgan fingerprint density at radius 2 is 1.93 bits per heavy atom. The van der Waals surface area contributed by atoms with E-state index < -0.39 is 10.0 Å². The van der Waals surface area contributed by atoms with Crippen molar-refractivity contribution in [3.63, 3.8) is 0 Å². The van der Waals surface area contributed by atoms with Gasteiger partial charge in [-0.15, -0.1) is 0 Å². The highest BCUT2D eigenvalue weighted by Crippen LogP contribution is 2.22. The van der Waals surface area contributed by atoms with Gasteiger partial charge in [-0.05, 0) is 30.7 Å². The number of hydrogen-bond donors (Lipinski definition) is 0. The molecule has 8 heteroatoms. The summed E-state index contributed by atoms with van der Waals surface area (Å²) in [5.41, 5.74) is 1.21. The van der Waals surface area contributed by atoms with Gasteiger partial charge in [0.05, 0.1) is 23.3 Å². The van der Waals surface area contributed by atoms with Crippen molar-refractivity contribution >= 4 is 10.0 Å².